The maximum absolute atomic E-state index is 13.1. The number of hydrogen-bond donors (Lipinski definition) is 2. The summed E-state index contributed by atoms with van der Waals surface area (Å²) in [5, 5.41) is 6.42. The Hall–Kier alpha value is -4.00. The highest BCUT2D eigenvalue weighted by Crippen LogP contribution is 2.38. The first-order valence-electron chi connectivity index (χ1n) is 11.1. The molecule has 0 atom stereocenters. The van der Waals surface area contributed by atoms with Gasteiger partial charge >= 0.3 is 0 Å². The molecular weight excluding hydrogens is 414 g/mol. The van der Waals surface area contributed by atoms with Gasteiger partial charge < -0.3 is 15.4 Å². The minimum atomic E-state index is -0.227. The van der Waals surface area contributed by atoms with E-state index < -0.39 is 0 Å². The summed E-state index contributed by atoms with van der Waals surface area (Å²) in [4.78, 5) is 26.2. The largest absolute Gasteiger partial charge is 0.437 e. The summed E-state index contributed by atoms with van der Waals surface area (Å²) in [6, 6.07) is 23.4. The maximum Gasteiger partial charge on any atom is 0.275 e. The first kappa shape index (κ1) is 20.9. The van der Waals surface area contributed by atoms with Crippen LogP contribution in [0.5, 0.6) is 5.75 Å². The summed E-state index contributed by atoms with van der Waals surface area (Å²) in [7, 11) is 0. The SMILES string of the molecule is O=C(NC1(Cc2ccccc2)CC1)C1=NCCN=C1Oc1ccc(Nc2ccccn2)cc1. The number of anilines is 2. The van der Waals surface area contributed by atoms with Crippen molar-refractivity contribution in [2.24, 2.45) is 9.98 Å². The van der Waals surface area contributed by atoms with Crippen LogP contribution in [0.2, 0.25) is 0 Å². The summed E-state index contributed by atoms with van der Waals surface area (Å²) in [5.41, 5.74) is 2.15. The number of hydrogen-bond acceptors (Lipinski definition) is 6. The normalized spacial score (nSPS) is 16.2. The van der Waals surface area contributed by atoms with Crippen LogP contribution < -0.4 is 15.4 Å². The van der Waals surface area contributed by atoms with Crippen molar-refractivity contribution in [2.45, 2.75) is 24.8 Å². The Kier molecular flexibility index (Phi) is 5.85. The van der Waals surface area contributed by atoms with E-state index in [0.29, 0.717) is 18.8 Å². The molecule has 1 aromatic heterocycles. The molecule has 7 heteroatoms. The topological polar surface area (TPSA) is 88.0 Å². The Morgan fingerprint density at radius 3 is 2.39 bits per heavy atom. The zero-order chi connectivity index (χ0) is 22.5. The molecule has 3 aromatic rings. The Morgan fingerprint density at radius 1 is 0.909 bits per heavy atom. The van der Waals surface area contributed by atoms with Crippen molar-refractivity contribution < 1.29 is 9.53 Å². The molecule has 7 nitrogen and oxygen atoms in total. The summed E-state index contributed by atoms with van der Waals surface area (Å²) < 4.78 is 5.96. The zero-order valence-corrected chi connectivity index (χ0v) is 18.2. The molecule has 1 aliphatic heterocycles. The summed E-state index contributed by atoms with van der Waals surface area (Å²) in [6.07, 6.45) is 4.46. The molecule has 166 valence electrons. The third kappa shape index (κ3) is 5.26. The molecule has 33 heavy (non-hydrogen) atoms. The molecule has 1 saturated carbocycles. The lowest BCUT2D eigenvalue weighted by Crippen LogP contribution is -2.46. The van der Waals surface area contributed by atoms with E-state index >= 15 is 0 Å². The molecule has 2 aliphatic rings. The second kappa shape index (κ2) is 9.24. The first-order chi connectivity index (χ1) is 16.2. The Labute approximate surface area is 192 Å². The van der Waals surface area contributed by atoms with Gasteiger partial charge in [-0.2, -0.15) is 0 Å². The average Bonchev–Trinajstić information content (AvgIpc) is 3.60. The van der Waals surface area contributed by atoms with Crippen molar-refractivity contribution in [2.75, 3.05) is 18.4 Å². The molecule has 2 aromatic carbocycles. The highest BCUT2D eigenvalue weighted by molar-refractivity contribution is 6.65. The number of nitrogens with one attached hydrogen (secondary N) is 2. The van der Waals surface area contributed by atoms with E-state index in [1.54, 1.807) is 6.20 Å². The number of rotatable bonds is 7. The van der Waals surface area contributed by atoms with Gasteiger partial charge in [0.15, 0.2) is 5.71 Å². The minimum absolute atomic E-state index is 0.206. The van der Waals surface area contributed by atoms with Gasteiger partial charge in [0.1, 0.15) is 11.6 Å². The van der Waals surface area contributed by atoms with Crippen molar-refractivity contribution in [1.82, 2.24) is 10.3 Å². The van der Waals surface area contributed by atoms with Crippen LogP contribution in [0.3, 0.4) is 0 Å². The van der Waals surface area contributed by atoms with Crippen molar-refractivity contribution in [1.29, 1.82) is 0 Å². The Bertz CT molecular complexity index is 1170. The Balaban J connectivity index is 1.23. The second-order valence-electron chi connectivity index (χ2n) is 8.28. The summed E-state index contributed by atoms with van der Waals surface area (Å²) >= 11 is 0. The van der Waals surface area contributed by atoms with E-state index in [1.165, 1.54) is 5.56 Å². The fraction of sp³-hybridized carbons (Fsp3) is 0.231. The highest BCUT2D eigenvalue weighted by Gasteiger charge is 2.45. The van der Waals surface area contributed by atoms with Crippen molar-refractivity contribution >= 4 is 29.0 Å². The fourth-order valence-corrected chi connectivity index (χ4v) is 3.79. The van der Waals surface area contributed by atoms with Gasteiger partial charge in [0.25, 0.3) is 5.91 Å². The van der Waals surface area contributed by atoms with Crippen LogP contribution in [0, 0.1) is 0 Å². The number of carbonyl (C=O) groups is 1. The number of aliphatic imine (C=N–C) groups is 2. The van der Waals surface area contributed by atoms with Gasteiger partial charge in [-0.05, 0) is 61.2 Å². The van der Waals surface area contributed by atoms with Gasteiger partial charge in [0, 0.05) is 17.4 Å². The molecule has 2 N–H and O–H groups in total. The van der Waals surface area contributed by atoms with Gasteiger partial charge in [-0.3, -0.25) is 9.79 Å². The van der Waals surface area contributed by atoms with E-state index in [2.05, 4.69) is 37.7 Å². The predicted octanol–water partition coefficient (Wildman–Crippen LogP) is 3.95. The Morgan fingerprint density at radius 2 is 1.67 bits per heavy atom. The van der Waals surface area contributed by atoms with E-state index in [1.807, 2.05) is 60.7 Å². The monoisotopic (exact) mass is 439 g/mol. The van der Waals surface area contributed by atoms with Crippen LogP contribution in [0.15, 0.2) is 89.0 Å². The van der Waals surface area contributed by atoms with Crippen molar-refractivity contribution in [3.05, 3.63) is 84.6 Å². The van der Waals surface area contributed by atoms with Gasteiger partial charge in [-0.15, -0.1) is 0 Å². The fourth-order valence-electron chi connectivity index (χ4n) is 3.79. The molecule has 1 amide bonds. The number of benzene rings is 2. The molecule has 5 rings (SSSR count). The molecule has 0 saturated heterocycles. The van der Waals surface area contributed by atoms with Crippen LogP contribution in [0.4, 0.5) is 11.5 Å². The standard InChI is InChI=1S/C26H25N5O2/c32-24(31-26(13-14-26)18-19-6-2-1-3-7-19)23-25(29-17-16-28-23)33-21-11-9-20(10-12-21)30-22-8-4-5-15-27-22/h1-12,15H,13-14,16-18H2,(H,27,30)(H,31,32). The number of pyridine rings is 1. The summed E-state index contributed by atoms with van der Waals surface area (Å²) in [6.45, 7) is 0.981. The lowest BCUT2D eigenvalue weighted by molar-refractivity contribution is -0.115. The van der Waals surface area contributed by atoms with Gasteiger partial charge in [-0.25, -0.2) is 9.98 Å². The van der Waals surface area contributed by atoms with Gasteiger partial charge in [-0.1, -0.05) is 36.4 Å². The number of ether oxygens (including phenoxy) is 1. The van der Waals surface area contributed by atoms with E-state index in [-0.39, 0.29) is 23.1 Å². The lowest BCUT2D eigenvalue weighted by atomic mass is 10.0. The first-order valence-corrected chi connectivity index (χ1v) is 11.1. The van der Waals surface area contributed by atoms with Crippen LogP contribution in [-0.4, -0.2) is 41.1 Å². The molecular formula is C26H25N5O2. The number of aromatic nitrogens is 1. The van der Waals surface area contributed by atoms with Crippen LogP contribution >= 0.6 is 0 Å². The molecule has 0 radical (unpaired) electrons. The van der Waals surface area contributed by atoms with Gasteiger partial charge in [0.05, 0.1) is 13.1 Å². The molecule has 1 fully saturated rings. The molecule has 0 spiro atoms. The summed E-state index contributed by atoms with van der Waals surface area (Å²) in [5.74, 6) is 1.39. The average molecular weight is 440 g/mol. The number of nitrogens with zero attached hydrogens (tertiary/aromatic N) is 3. The van der Waals surface area contributed by atoms with E-state index in [0.717, 1.165) is 30.8 Å². The van der Waals surface area contributed by atoms with E-state index in [9.17, 15) is 4.79 Å². The zero-order valence-electron chi connectivity index (χ0n) is 18.2. The lowest BCUT2D eigenvalue weighted by Gasteiger charge is -2.20. The highest BCUT2D eigenvalue weighted by atomic mass is 16.5. The molecule has 0 bridgehead atoms. The number of amides is 1. The second-order valence-corrected chi connectivity index (χ2v) is 8.28. The maximum atomic E-state index is 13.1. The predicted molar refractivity (Wildman–Crippen MR) is 129 cm³/mol. The molecule has 2 heterocycles. The quantitative estimate of drug-likeness (QED) is 0.584. The van der Waals surface area contributed by atoms with Gasteiger partial charge in [0.2, 0.25) is 5.90 Å². The van der Waals surface area contributed by atoms with Crippen molar-refractivity contribution in [3.63, 3.8) is 0 Å². The molecule has 0 unspecified atom stereocenters. The third-order valence-electron chi connectivity index (χ3n) is 5.67. The number of carbonyl (C=O) groups excluding carboxylic acids is 1. The molecule has 1 aliphatic carbocycles. The van der Waals surface area contributed by atoms with Crippen molar-refractivity contribution in [3.8, 4) is 5.75 Å². The smallest absolute Gasteiger partial charge is 0.275 e. The minimum Gasteiger partial charge on any atom is -0.437 e. The van der Waals surface area contributed by atoms with E-state index in [4.69, 9.17) is 4.74 Å². The third-order valence-corrected chi connectivity index (χ3v) is 5.67. The van der Waals surface area contributed by atoms with Crippen LogP contribution in [-0.2, 0) is 11.2 Å². The van der Waals surface area contributed by atoms with Crippen LogP contribution in [0.25, 0.3) is 0 Å². The van der Waals surface area contributed by atoms with Crippen LogP contribution in [0.1, 0.15) is 18.4 Å².